The number of nitrogens with zero attached hydrogens (tertiary/aromatic N) is 4. The number of ether oxygens (including phenoxy) is 3. The number of carbonyl (C=O) groups excluding carboxylic acids is 8. The van der Waals surface area contributed by atoms with Gasteiger partial charge < -0.3 is 95.8 Å². The van der Waals surface area contributed by atoms with Gasteiger partial charge in [0, 0.05) is 81.6 Å². The molecule has 4 aromatic rings. The Morgan fingerprint density at radius 2 is 1.38 bits per heavy atom. The molecule has 0 radical (unpaired) electrons. The van der Waals surface area contributed by atoms with Crippen LogP contribution in [0.25, 0.3) is 21.1 Å². The number of aromatic hydroxyl groups is 1. The van der Waals surface area contributed by atoms with E-state index in [-0.39, 0.29) is 67.7 Å². The average Bonchev–Trinajstić information content (AvgIpc) is 1.60. The predicted molar refractivity (Wildman–Crippen MR) is 360 cm³/mol. The molecule has 4 heterocycles. The van der Waals surface area contributed by atoms with Crippen molar-refractivity contribution < 1.29 is 107 Å². The maximum atomic E-state index is 15.1. The van der Waals surface area contributed by atoms with Gasteiger partial charge in [0.05, 0.1) is 49.8 Å². The van der Waals surface area contributed by atoms with Gasteiger partial charge in [0.2, 0.25) is 35.4 Å². The minimum atomic E-state index is -2.13. The molecule has 3 aliphatic heterocycles. The van der Waals surface area contributed by atoms with Crippen molar-refractivity contribution in [3.05, 3.63) is 77.9 Å². The number of phenols is 1. The molecule has 13 atom stereocenters. The molecule has 7 amide bonds. The third-order valence-corrected chi connectivity index (χ3v) is 18.6. The average molecular weight is 1440 g/mol. The number of aliphatic hydroxyl groups excluding tert-OH is 6. The number of hydrogen-bond acceptors (Lipinski definition) is 27. The largest absolute Gasteiger partial charge is 0.504 e. The Labute approximate surface area is 586 Å². The number of esters is 1. The lowest BCUT2D eigenvalue weighted by atomic mass is 9.98. The first-order valence-electron chi connectivity index (χ1n) is 33.4. The summed E-state index contributed by atoms with van der Waals surface area (Å²) in [6, 6.07) is 5.93. The van der Waals surface area contributed by atoms with Crippen LogP contribution in [0.1, 0.15) is 114 Å². The number of benzene rings is 3. The summed E-state index contributed by atoms with van der Waals surface area (Å²) in [7, 11) is 1.70. The summed E-state index contributed by atoms with van der Waals surface area (Å²) in [6.07, 6.45) is -5.06. The van der Waals surface area contributed by atoms with Crippen LogP contribution in [0.15, 0.2) is 66.7 Å². The Kier molecular flexibility index (Phi) is 31.9. The van der Waals surface area contributed by atoms with E-state index in [1.807, 2.05) is 24.3 Å². The maximum Gasteiger partial charge on any atom is 0.305 e. The monoisotopic (exact) mass is 1440 g/mol. The molecule has 0 unspecified atom stereocenters. The highest BCUT2D eigenvalue weighted by Gasteiger charge is 2.50. The number of fused-ring (bicyclic) bond motifs is 2. The van der Waals surface area contributed by atoms with Gasteiger partial charge in [0.1, 0.15) is 52.0 Å². The van der Waals surface area contributed by atoms with Crippen LogP contribution in [0.2, 0.25) is 0 Å². The molecule has 0 spiro atoms. The molecule has 1 aromatic heterocycles. The number of rotatable bonds is 32. The highest BCUT2D eigenvalue weighted by atomic mass is 32.2. The second kappa shape index (κ2) is 40.1. The van der Waals surface area contributed by atoms with Crippen molar-refractivity contribution in [2.24, 2.45) is 5.92 Å². The quantitative estimate of drug-likeness (QED) is 0.0106. The Hall–Kier alpha value is -7.71. The molecule has 7 rings (SSSR count). The molecule has 3 aliphatic rings. The van der Waals surface area contributed by atoms with E-state index in [4.69, 9.17) is 23.7 Å². The number of methoxy groups -OCH3 is 1. The third-order valence-electron chi connectivity index (χ3n) is 17.2. The minimum absolute atomic E-state index is 0.0154. The number of amides is 7. The van der Waals surface area contributed by atoms with Gasteiger partial charge in [-0.1, -0.05) is 71.5 Å². The van der Waals surface area contributed by atoms with Crippen molar-refractivity contribution in [1.29, 1.82) is 0 Å². The number of unbranched alkanes of at least 4 members (excludes halogenated alkanes) is 6. The van der Waals surface area contributed by atoms with Gasteiger partial charge >= 0.3 is 5.97 Å². The zero-order chi connectivity index (χ0) is 72.4. The van der Waals surface area contributed by atoms with Gasteiger partial charge in [-0.05, 0) is 113 Å². The van der Waals surface area contributed by atoms with Gasteiger partial charge in [0.25, 0.3) is 18.2 Å². The molecule has 550 valence electrons. The number of aromatic nitrogens is 2. The molecule has 0 aliphatic carbocycles. The van der Waals surface area contributed by atoms with E-state index < -0.39 is 158 Å². The first kappa shape index (κ1) is 79.6. The fourth-order valence-electron chi connectivity index (χ4n) is 11.8. The van der Waals surface area contributed by atoms with Crippen molar-refractivity contribution in [2.75, 3.05) is 59.7 Å². The Morgan fingerprint density at radius 1 is 0.730 bits per heavy atom. The zero-order valence-corrected chi connectivity index (χ0v) is 57.7. The highest BCUT2D eigenvalue weighted by molar-refractivity contribution is 7.90. The molecule has 3 fully saturated rings. The van der Waals surface area contributed by atoms with E-state index in [1.54, 1.807) is 26.2 Å². The standard InChI is InChI=1S/C66H92N10O22S2/c1-5-94-52(83)14-10-9-11-26-67-27-25-49(81)55-66(91)76-35-37(2)57(84)56(76)62(89)68-34-43(78)32-46(69-58(85)40-16-18-41(19-17-40)63-73-74-64(99-63)42-20-22-45(23-21-42)95-29-13-8-6-7-12-28-93-4)59(86)70-53(38(3)77)65(90)75-36-44(79)33-47(75)60(87)71-54(61(88)72-55)50(82)30-39-15-24-48(80)51(31-39)96-100-98-97-92/h15-24,31,37-38,43-44,46-47,49-50,53-57,67,77-82,84,92H,5-14,25-30,32-36H2,1-4H3,(H,68,89)(H,69,85)(H,70,86)(H,71,87)(H,72,88)/t37-,38+,43+,44+,46+,47+,49-,50-,53+,54+,55+,56+,57+/m1/s1. The van der Waals surface area contributed by atoms with Crippen molar-refractivity contribution in [1.82, 2.24) is 51.9 Å². The molecular formula is C66H92N10O22S2. The van der Waals surface area contributed by atoms with Crippen molar-refractivity contribution in [3.8, 4) is 38.4 Å². The normalized spacial score (nSPS) is 23.6. The van der Waals surface area contributed by atoms with Gasteiger partial charge in [-0.3, -0.25) is 38.4 Å². The fraction of sp³-hybridized carbons (Fsp3) is 0.576. The second-order valence-corrected chi connectivity index (χ2v) is 26.3. The molecule has 32 nitrogen and oxygen atoms in total. The van der Waals surface area contributed by atoms with Gasteiger partial charge in [-0.2, -0.15) is 0 Å². The van der Waals surface area contributed by atoms with E-state index in [9.17, 15) is 69.3 Å². The Bertz CT molecular complexity index is 3320. The Morgan fingerprint density at radius 3 is 2.06 bits per heavy atom. The molecule has 0 bridgehead atoms. The number of β-amino-alcohol motifs (C(OH)–C–C–N with tert-alkyl or cyclic N) is 1. The lowest BCUT2D eigenvalue weighted by Gasteiger charge is -2.34. The van der Waals surface area contributed by atoms with Crippen LogP contribution in [-0.2, 0) is 58.8 Å². The smallest absolute Gasteiger partial charge is 0.305 e. The fourth-order valence-corrected chi connectivity index (χ4v) is 12.9. The third kappa shape index (κ3) is 23.2. The maximum absolute atomic E-state index is 15.1. The summed E-state index contributed by atoms with van der Waals surface area (Å²) in [6.45, 7) is 4.80. The predicted octanol–water partition coefficient (Wildman–Crippen LogP) is 0.968. The highest BCUT2D eigenvalue weighted by Crippen LogP contribution is 2.34. The van der Waals surface area contributed by atoms with E-state index in [2.05, 4.69) is 51.5 Å². The number of aliphatic hydroxyl groups is 6. The number of phenolic OH excluding ortho intramolecular Hbond substituents is 1. The molecular weight excluding hydrogens is 1350 g/mol. The molecule has 3 saturated heterocycles. The van der Waals surface area contributed by atoms with Crippen LogP contribution >= 0.6 is 23.7 Å². The van der Waals surface area contributed by atoms with Crippen LogP contribution in [0, 0.1) is 5.92 Å². The first-order valence-corrected chi connectivity index (χ1v) is 34.8. The first-order chi connectivity index (χ1) is 48.0. The number of hydrogen-bond donors (Lipinski definition) is 14. The summed E-state index contributed by atoms with van der Waals surface area (Å²) in [4.78, 5) is 116. The number of carbonyl (C=O) groups is 8. The van der Waals surface area contributed by atoms with Gasteiger partial charge in [-0.15, -0.1) is 10.2 Å². The summed E-state index contributed by atoms with van der Waals surface area (Å²) in [5.41, 5.74) is 1.52. The Balaban J connectivity index is 1.15. The molecule has 0 saturated carbocycles. The van der Waals surface area contributed by atoms with E-state index in [0.29, 0.717) is 53.7 Å². The molecule has 3 aromatic carbocycles. The summed E-state index contributed by atoms with van der Waals surface area (Å²) in [5, 5.41) is 118. The lowest BCUT2D eigenvalue weighted by Crippen LogP contribution is -2.64. The van der Waals surface area contributed by atoms with Crippen LogP contribution in [0.3, 0.4) is 0 Å². The van der Waals surface area contributed by atoms with Gasteiger partial charge in [-0.25, -0.2) is 5.26 Å². The molecule has 100 heavy (non-hydrogen) atoms. The second-order valence-electron chi connectivity index (χ2n) is 24.9. The SMILES string of the molecule is CCOC(=O)CCCCCNCC[C@@H](O)[C@@H]1NC(=O)[C@H]([C@H](O)Cc2ccc(O)c(OSOOO)c2)NC(=O)[C@@H]2C[C@H](O)CN2C(=O)[C@H]([C@H](C)O)NC(=O)[C@@H](NC(=O)c2ccc(-c3nnc(-c4ccc(OCCCCCCCOC)cc4)s3)cc2)C[C@H](O)CNC(=O)[C@@H]2[C@@H](O)[C@H](C)CN2C1=O. The molecule has 34 heteroatoms. The van der Waals surface area contributed by atoms with Crippen molar-refractivity contribution in [2.45, 2.75) is 177 Å². The van der Waals surface area contributed by atoms with Crippen molar-refractivity contribution in [3.63, 3.8) is 0 Å². The van der Waals surface area contributed by atoms with Gasteiger partial charge in [0.15, 0.2) is 11.5 Å². The topological polar surface area (TPSA) is 458 Å². The summed E-state index contributed by atoms with van der Waals surface area (Å²) >= 11 is 1.37. The van der Waals surface area contributed by atoms with E-state index in [1.165, 1.54) is 42.5 Å². The molecule has 14 N–H and O–H groups in total. The van der Waals surface area contributed by atoms with E-state index >= 15 is 4.79 Å². The van der Waals surface area contributed by atoms with Crippen LogP contribution in [-0.4, -0.2) is 241 Å². The van der Waals surface area contributed by atoms with Crippen LogP contribution in [0.5, 0.6) is 17.2 Å². The van der Waals surface area contributed by atoms with Crippen molar-refractivity contribution >= 4 is 71.0 Å². The lowest BCUT2D eigenvalue weighted by molar-refractivity contribution is -0.433. The van der Waals surface area contributed by atoms with E-state index in [0.717, 1.165) is 67.1 Å². The minimum Gasteiger partial charge on any atom is -0.504 e. The number of nitrogens with one attached hydrogen (secondary N) is 6. The summed E-state index contributed by atoms with van der Waals surface area (Å²) in [5.74, 6) is -8.99. The van der Waals surface area contributed by atoms with Crippen LogP contribution in [0.4, 0.5) is 0 Å². The zero-order valence-electron chi connectivity index (χ0n) is 56.1. The van der Waals surface area contributed by atoms with Crippen LogP contribution < -0.4 is 40.8 Å². The summed E-state index contributed by atoms with van der Waals surface area (Å²) < 4.78 is 25.5.